The number of carboxylic acid groups (broad SMARTS) is 2. The van der Waals surface area contributed by atoms with Crippen molar-refractivity contribution in [2.45, 2.75) is 21.0 Å². The van der Waals surface area contributed by atoms with Gasteiger partial charge in [-0.3, -0.25) is 9.59 Å². The first-order valence-corrected chi connectivity index (χ1v) is 13.9. The molecule has 0 aliphatic heterocycles. The Kier molecular flexibility index (Phi) is 30.6. The quantitative estimate of drug-likeness (QED) is 0.0792. The third kappa shape index (κ3) is 29.2. The lowest BCUT2D eigenvalue weighted by Gasteiger charge is -2.11. The topological polar surface area (TPSA) is 119 Å². The lowest BCUT2D eigenvalue weighted by Crippen LogP contribution is -2.22. The molecular formula is C16H30O8S9. The Hall–Kier alpha value is 1.06. The molecule has 8 nitrogen and oxygen atoms in total. The SMILES string of the molecule is O=C(COCC(=S)OCC(S)CS)OCC(S)CS.O=C(O)C(S)CS.O=C(O)C(S)CS. The molecule has 0 aliphatic rings. The molecule has 33 heavy (non-hydrogen) atoms. The highest BCUT2D eigenvalue weighted by Crippen LogP contribution is 2.00. The van der Waals surface area contributed by atoms with Gasteiger partial charge in [-0.15, -0.1) is 0 Å². The van der Waals surface area contributed by atoms with Gasteiger partial charge in [-0.25, -0.2) is 4.79 Å². The fourth-order valence-corrected chi connectivity index (χ4v) is 1.76. The summed E-state index contributed by atoms with van der Waals surface area (Å²) in [6.45, 7) is 0.462. The molecule has 0 radical (unpaired) electrons. The molecule has 0 bridgehead atoms. The van der Waals surface area contributed by atoms with E-state index in [0.717, 1.165) is 0 Å². The van der Waals surface area contributed by atoms with Crippen LogP contribution in [0.3, 0.4) is 0 Å². The van der Waals surface area contributed by atoms with E-state index in [4.69, 9.17) is 36.6 Å². The number of hydrogen-bond acceptors (Lipinski definition) is 15. The molecule has 0 aromatic rings. The van der Waals surface area contributed by atoms with Gasteiger partial charge in [-0.05, 0) is 12.2 Å². The molecule has 196 valence electrons. The Labute approximate surface area is 243 Å². The lowest BCUT2D eigenvalue weighted by atomic mass is 10.5. The van der Waals surface area contributed by atoms with Gasteiger partial charge < -0.3 is 24.4 Å². The van der Waals surface area contributed by atoms with Crippen LogP contribution in [0.1, 0.15) is 0 Å². The monoisotopic (exact) mass is 638 g/mol. The minimum absolute atomic E-state index is 0.0137. The van der Waals surface area contributed by atoms with Crippen LogP contribution in [0.5, 0.6) is 0 Å². The Morgan fingerprint density at radius 1 is 0.697 bits per heavy atom. The maximum atomic E-state index is 11.2. The van der Waals surface area contributed by atoms with Crippen LogP contribution in [0.2, 0.25) is 0 Å². The van der Waals surface area contributed by atoms with Gasteiger partial charge in [-0.2, -0.15) is 101 Å². The van der Waals surface area contributed by atoms with Crippen LogP contribution in [0.25, 0.3) is 0 Å². The molecule has 2 N–H and O–H groups in total. The van der Waals surface area contributed by atoms with E-state index in [1.165, 1.54) is 0 Å². The third-order valence-corrected chi connectivity index (χ3v) is 7.12. The molecule has 0 rings (SSSR count). The molecule has 0 saturated heterocycles. The van der Waals surface area contributed by atoms with Gasteiger partial charge in [-0.1, -0.05) is 0 Å². The first-order chi connectivity index (χ1) is 15.4. The van der Waals surface area contributed by atoms with Crippen LogP contribution in [0.4, 0.5) is 0 Å². The van der Waals surface area contributed by atoms with E-state index in [9.17, 15) is 14.4 Å². The molecule has 0 spiro atoms. The van der Waals surface area contributed by atoms with Crippen molar-refractivity contribution in [2.24, 2.45) is 0 Å². The predicted octanol–water partition coefficient (Wildman–Crippen LogP) is 1.94. The first kappa shape index (κ1) is 38.6. The predicted molar refractivity (Wildman–Crippen MR) is 162 cm³/mol. The smallest absolute Gasteiger partial charge is 0.332 e. The Balaban J connectivity index is -0.000000524. The maximum Gasteiger partial charge on any atom is 0.332 e. The van der Waals surface area contributed by atoms with Gasteiger partial charge in [0.25, 0.3) is 0 Å². The van der Waals surface area contributed by atoms with E-state index in [2.05, 4.69) is 101 Å². The zero-order chi connectivity index (χ0) is 26.4. The number of aliphatic carboxylic acids is 2. The van der Waals surface area contributed by atoms with Crippen LogP contribution in [0.15, 0.2) is 0 Å². The zero-order valence-corrected chi connectivity index (χ0v) is 25.3. The number of thiocarbonyl (C=S) groups is 1. The molecule has 0 aromatic carbocycles. The molecule has 0 heterocycles. The van der Waals surface area contributed by atoms with Gasteiger partial charge in [0, 0.05) is 33.5 Å². The lowest BCUT2D eigenvalue weighted by molar-refractivity contribution is -0.148. The van der Waals surface area contributed by atoms with E-state index >= 15 is 0 Å². The highest BCUT2D eigenvalue weighted by Gasteiger charge is 2.09. The molecule has 4 unspecified atom stereocenters. The number of hydrogen-bond donors (Lipinski definition) is 10. The van der Waals surface area contributed by atoms with Crippen LogP contribution >= 0.6 is 113 Å². The van der Waals surface area contributed by atoms with E-state index in [0.29, 0.717) is 18.1 Å². The molecule has 0 aliphatic carbocycles. The normalized spacial score (nSPS) is 13.6. The van der Waals surface area contributed by atoms with Gasteiger partial charge >= 0.3 is 17.9 Å². The van der Waals surface area contributed by atoms with E-state index < -0.39 is 28.4 Å². The van der Waals surface area contributed by atoms with Crippen molar-refractivity contribution in [1.82, 2.24) is 0 Å². The average Bonchev–Trinajstić information content (AvgIpc) is 2.80. The molecule has 0 aromatic heterocycles. The van der Waals surface area contributed by atoms with Gasteiger partial charge in [0.05, 0.1) is 0 Å². The number of thiol groups is 8. The van der Waals surface area contributed by atoms with Gasteiger partial charge in [0.1, 0.15) is 36.9 Å². The second kappa shape index (κ2) is 26.1. The summed E-state index contributed by atoms with van der Waals surface area (Å²) in [6, 6.07) is 0. The highest BCUT2D eigenvalue weighted by atomic mass is 32.1. The van der Waals surface area contributed by atoms with Crippen molar-refractivity contribution in [3.05, 3.63) is 0 Å². The minimum Gasteiger partial charge on any atom is -0.483 e. The summed E-state index contributed by atoms with van der Waals surface area (Å²) >= 11 is 36.0. The minimum atomic E-state index is -0.918. The van der Waals surface area contributed by atoms with E-state index in [1.54, 1.807) is 0 Å². The number of esters is 1. The van der Waals surface area contributed by atoms with Gasteiger partial charge in [0.15, 0.2) is 5.05 Å². The standard InChI is InChI=1S/C10H18O4S5.2C3H6O2S2/c11-9(13-1-7(17)5-15)3-12-4-10(19)14-2-8(18)6-16;2*4-3(5)2(7)1-6/h7-8,15-18H,1-6H2;2*2,6-7H,1H2,(H,4,5). The summed E-state index contributed by atoms with van der Waals surface area (Å²) in [6.07, 6.45) is 0. The number of carboxylic acids is 2. The number of rotatable bonds is 14. The summed E-state index contributed by atoms with van der Waals surface area (Å²) in [5, 5.41) is 15.1. The average molecular weight is 639 g/mol. The van der Waals surface area contributed by atoms with Crippen LogP contribution in [0, 0.1) is 0 Å². The number of ether oxygens (including phenoxy) is 3. The first-order valence-electron chi connectivity index (χ1n) is 8.86. The maximum absolute atomic E-state index is 11.2. The number of carbonyl (C=O) groups excluding carboxylic acids is 1. The summed E-state index contributed by atoms with van der Waals surface area (Å²) < 4.78 is 15.2. The molecule has 17 heteroatoms. The van der Waals surface area contributed by atoms with Crippen molar-refractivity contribution < 1.29 is 38.8 Å². The highest BCUT2D eigenvalue weighted by molar-refractivity contribution is 7.86. The van der Waals surface area contributed by atoms with Crippen molar-refractivity contribution in [3.8, 4) is 0 Å². The van der Waals surface area contributed by atoms with Crippen LogP contribution < -0.4 is 0 Å². The summed E-state index contributed by atoms with van der Waals surface area (Å²) in [5.41, 5.74) is 0. The third-order valence-electron chi connectivity index (χ3n) is 2.65. The summed E-state index contributed by atoms with van der Waals surface area (Å²) in [4.78, 5) is 30.9. The second-order valence-electron chi connectivity index (χ2n) is 5.60. The molecule has 0 fully saturated rings. The fraction of sp³-hybridized carbons (Fsp3) is 0.750. The summed E-state index contributed by atoms with van der Waals surface area (Å²) in [7, 11) is 0. The van der Waals surface area contributed by atoms with Gasteiger partial charge in [0.2, 0.25) is 0 Å². The van der Waals surface area contributed by atoms with Crippen molar-refractivity contribution in [2.75, 3.05) is 49.4 Å². The van der Waals surface area contributed by atoms with Crippen molar-refractivity contribution in [1.29, 1.82) is 0 Å². The Morgan fingerprint density at radius 3 is 1.39 bits per heavy atom. The zero-order valence-electron chi connectivity index (χ0n) is 17.3. The van der Waals surface area contributed by atoms with Crippen LogP contribution in [-0.4, -0.2) is 104 Å². The Bertz CT molecular complexity index is 510. The van der Waals surface area contributed by atoms with Crippen molar-refractivity contribution >= 4 is 136 Å². The Morgan fingerprint density at radius 2 is 1.09 bits per heavy atom. The number of carbonyl (C=O) groups is 3. The largest absolute Gasteiger partial charge is 0.483 e. The fourth-order valence-electron chi connectivity index (χ4n) is 0.941. The summed E-state index contributed by atoms with van der Waals surface area (Å²) in [5.74, 6) is -0.625. The van der Waals surface area contributed by atoms with E-state index in [1.807, 2.05) is 0 Å². The van der Waals surface area contributed by atoms with Crippen LogP contribution in [-0.2, 0) is 28.6 Å². The second-order valence-corrected chi connectivity index (χ2v) is 10.2. The van der Waals surface area contributed by atoms with E-state index in [-0.39, 0.29) is 46.9 Å². The van der Waals surface area contributed by atoms with Crippen molar-refractivity contribution in [3.63, 3.8) is 0 Å². The molecular weight excluding hydrogens is 609 g/mol. The molecule has 4 atom stereocenters. The molecule has 0 amide bonds. The molecule has 0 saturated carbocycles.